The second-order valence-electron chi connectivity index (χ2n) is 7.93. The Kier molecular flexibility index (Phi) is 6.09. The molecule has 30 heavy (non-hydrogen) atoms. The summed E-state index contributed by atoms with van der Waals surface area (Å²) in [7, 11) is 0. The smallest absolute Gasteiger partial charge is 0.294 e. The summed E-state index contributed by atoms with van der Waals surface area (Å²) in [4.78, 5) is 27.5. The van der Waals surface area contributed by atoms with Gasteiger partial charge in [-0.05, 0) is 48.6 Å². The number of anilines is 1. The molecule has 2 aromatic rings. The number of benzene rings is 2. The van der Waals surface area contributed by atoms with Gasteiger partial charge in [0.2, 0.25) is 5.91 Å². The number of nitrogens with zero attached hydrogens (tertiary/aromatic N) is 1. The molecule has 5 nitrogen and oxygen atoms in total. The average molecular weight is 425 g/mol. The molecule has 0 spiro atoms. The molecule has 2 aromatic carbocycles. The number of hydrogen-bond donors (Lipinski definition) is 1. The van der Waals surface area contributed by atoms with Crippen LogP contribution in [0.25, 0.3) is 6.08 Å². The van der Waals surface area contributed by atoms with Gasteiger partial charge in [0.05, 0.1) is 5.69 Å². The molecular formula is C24H25ClN2O3. The van der Waals surface area contributed by atoms with Crippen LogP contribution < -0.4 is 15.0 Å². The van der Waals surface area contributed by atoms with Gasteiger partial charge >= 0.3 is 0 Å². The fourth-order valence-corrected chi connectivity index (χ4v) is 4.27. The number of nitrogens with one attached hydrogen (secondary N) is 1. The summed E-state index contributed by atoms with van der Waals surface area (Å²) in [6.45, 7) is 2.12. The lowest BCUT2D eigenvalue weighted by atomic mass is 9.86. The average Bonchev–Trinajstić information content (AvgIpc) is 2.74. The molecule has 1 fully saturated rings. The molecule has 1 aliphatic carbocycles. The van der Waals surface area contributed by atoms with Crippen LogP contribution in [0.5, 0.6) is 5.75 Å². The van der Waals surface area contributed by atoms with Crippen LogP contribution in [-0.4, -0.2) is 24.4 Å². The van der Waals surface area contributed by atoms with E-state index in [2.05, 4.69) is 12.2 Å². The minimum atomic E-state index is -0.361. The number of hydrogen-bond acceptors (Lipinski definition) is 3. The van der Waals surface area contributed by atoms with Gasteiger partial charge in [-0.2, -0.15) is 0 Å². The fraction of sp³-hybridized carbons (Fsp3) is 0.333. The van der Waals surface area contributed by atoms with Gasteiger partial charge in [-0.1, -0.05) is 61.7 Å². The van der Waals surface area contributed by atoms with E-state index in [-0.39, 0.29) is 30.2 Å². The van der Waals surface area contributed by atoms with Gasteiger partial charge in [0.1, 0.15) is 6.54 Å². The molecule has 2 atom stereocenters. The molecule has 1 heterocycles. The van der Waals surface area contributed by atoms with Crippen molar-refractivity contribution in [3.05, 3.63) is 64.9 Å². The normalized spacial score (nSPS) is 22.4. The summed E-state index contributed by atoms with van der Waals surface area (Å²) in [6.07, 6.45) is 6.06. The van der Waals surface area contributed by atoms with E-state index in [9.17, 15) is 9.59 Å². The van der Waals surface area contributed by atoms with Crippen molar-refractivity contribution in [2.45, 2.75) is 38.6 Å². The molecule has 1 N–H and O–H groups in total. The van der Waals surface area contributed by atoms with Crippen LogP contribution in [0.3, 0.4) is 0 Å². The number of para-hydroxylation sites is 2. The fourth-order valence-electron chi connectivity index (χ4n) is 4.08. The van der Waals surface area contributed by atoms with Gasteiger partial charge in [0.15, 0.2) is 11.5 Å². The van der Waals surface area contributed by atoms with E-state index in [0.717, 1.165) is 19.3 Å². The predicted octanol–water partition coefficient (Wildman–Crippen LogP) is 4.80. The quantitative estimate of drug-likeness (QED) is 0.717. The summed E-state index contributed by atoms with van der Waals surface area (Å²) in [5.74, 6) is 0.609. The minimum Gasteiger partial charge on any atom is -0.449 e. The lowest BCUT2D eigenvalue weighted by Gasteiger charge is -2.32. The van der Waals surface area contributed by atoms with Crippen molar-refractivity contribution in [2.24, 2.45) is 5.92 Å². The van der Waals surface area contributed by atoms with Gasteiger partial charge in [-0.25, -0.2) is 0 Å². The summed E-state index contributed by atoms with van der Waals surface area (Å²) in [5, 5.41) is 3.65. The van der Waals surface area contributed by atoms with E-state index in [1.54, 1.807) is 24.3 Å². The SMILES string of the molecule is C[C@H]1CCCC[C@@H]1NC(=O)CN1C(=O)/C(=C\c2ccccc2Cl)Oc2ccccc21. The maximum atomic E-state index is 13.2. The zero-order valence-electron chi connectivity index (χ0n) is 16.9. The van der Waals surface area contributed by atoms with Crippen LogP contribution >= 0.6 is 11.6 Å². The largest absolute Gasteiger partial charge is 0.449 e. The van der Waals surface area contributed by atoms with E-state index in [1.807, 2.05) is 30.3 Å². The highest BCUT2D eigenvalue weighted by Crippen LogP contribution is 2.36. The Morgan fingerprint density at radius 3 is 2.70 bits per heavy atom. The van der Waals surface area contributed by atoms with Crippen LogP contribution in [0, 0.1) is 5.92 Å². The van der Waals surface area contributed by atoms with Gasteiger partial charge in [0.25, 0.3) is 5.91 Å². The van der Waals surface area contributed by atoms with E-state index in [1.165, 1.54) is 11.3 Å². The summed E-state index contributed by atoms with van der Waals surface area (Å²) >= 11 is 6.25. The third-order valence-electron chi connectivity index (χ3n) is 5.78. The van der Waals surface area contributed by atoms with Crippen LogP contribution in [-0.2, 0) is 9.59 Å². The molecule has 2 aliphatic rings. The molecule has 156 valence electrons. The Hall–Kier alpha value is -2.79. The molecular weight excluding hydrogens is 400 g/mol. The predicted molar refractivity (Wildman–Crippen MR) is 118 cm³/mol. The first kappa shape index (κ1) is 20.5. The zero-order chi connectivity index (χ0) is 21.1. The summed E-state index contributed by atoms with van der Waals surface area (Å²) in [5.41, 5.74) is 1.27. The molecule has 4 rings (SSSR count). The Morgan fingerprint density at radius 1 is 1.17 bits per heavy atom. The number of ether oxygens (including phenoxy) is 1. The van der Waals surface area contributed by atoms with Gasteiger partial charge in [0, 0.05) is 11.1 Å². The van der Waals surface area contributed by atoms with Crippen molar-refractivity contribution in [1.29, 1.82) is 0 Å². The Balaban J connectivity index is 1.58. The van der Waals surface area contributed by atoms with Crippen LogP contribution in [0.15, 0.2) is 54.3 Å². The van der Waals surface area contributed by atoms with E-state index in [4.69, 9.17) is 16.3 Å². The monoisotopic (exact) mass is 424 g/mol. The van der Waals surface area contributed by atoms with Gasteiger partial charge in [-0.3, -0.25) is 14.5 Å². The maximum Gasteiger partial charge on any atom is 0.294 e. The Bertz CT molecular complexity index is 988. The third-order valence-corrected chi connectivity index (χ3v) is 6.13. The first-order chi connectivity index (χ1) is 14.5. The van der Waals surface area contributed by atoms with E-state index >= 15 is 0 Å². The molecule has 0 saturated heterocycles. The zero-order valence-corrected chi connectivity index (χ0v) is 17.7. The van der Waals surface area contributed by atoms with Crippen LogP contribution in [0.2, 0.25) is 5.02 Å². The topological polar surface area (TPSA) is 58.6 Å². The number of halogens is 1. The van der Waals surface area contributed by atoms with Gasteiger partial charge in [-0.15, -0.1) is 0 Å². The van der Waals surface area contributed by atoms with Crippen molar-refractivity contribution in [2.75, 3.05) is 11.4 Å². The molecule has 2 amide bonds. The number of carbonyl (C=O) groups is 2. The van der Waals surface area contributed by atoms with Crippen LogP contribution in [0.4, 0.5) is 5.69 Å². The van der Waals surface area contributed by atoms with Gasteiger partial charge < -0.3 is 10.1 Å². The number of amides is 2. The van der Waals surface area contributed by atoms with E-state index < -0.39 is 0 Å². The highest BCUT2D eigenvalue weighted by Gasteiger charge is 2.32. The molecule has 1 aliphatic heterocycles. The summed E-state index contributed by atoms with van der Waals surface area (Å²) < 4.78 is 5.86. The highest BCUT2D eigenvalue weighted by molar-refractivity contribution is 6.32. The highest BCUT2D eigenvalue weighted by atomic mass is 35.5. The van der Waals surface area contributed by atoms with Crippen molar-refractivity contribution in [3.63, 3.8) is 0 Å². The first-order valence-corrected chi connectivity index (χ1v) is 10.7. The van der Waals surface area contributed by atoms with E-state index in [0.29, 0.717) is 27.9 Å². The molecule has 1 saturated carbocycles. The molecule has 0 radical (unpaired) electrons. The Labute approximate surface area is 181 Å². The van der Waals surface area contributed by atoms with Crippen LogP contribution in [0.1, 0.15) is 38.2 Å². The number of carbonyl (C=O) groups excluding carboxylic acids is 2. The maximum absolute atomic E-state index is 13.2. The minimum absolute atomic E-state index is 0.0533. The van der Waals surface area contributed by atoms with Crippen molar-refractivity contribution in [3.8, 4) is 5.75 Å². The lowest BCUT2D eigenvalue weighted by Crippen LogP contribution is -2.48. The second kappa shape index (κ2) is 8.92. The third kappa shape index (κ3) is 4.36. The molecule has 6 heteroatoms. The first-order valence-electron chi connectivity index (χ1n) is 10.4. The number of rotatable bonds is 4. The standard InChI is InChI=1S/C24H25ClN2O3/c1-16-8-2-5-11-19(16)26-23(28)15-27-20-12-6-7-13-21(20)30-22(24(27)29)14-17-9-3-4-10-18(17)25/h3-4,6-7,9-10,12-14,16,19H,2,5,8,11,15H2,1H3,(H,26,28)/b22-14+/t16-,19-/m0/s1. The summed E-state index contributed by atoms with van der Waals surface area (Å²) in [6, 6.07) is 14.6. The second-order valence-corrected chi connectivity index (χ2v) is 8.33. The van der Waals surface area contributed by atoms with Crippen molar-refractivity contribution >= 4 is 35.2 Å². The Morgan fingerprint density at radius 2 is 1.90 bits per heavy atom. The van der Waals surface area contributed by atoms with Crippen molar-refractivity contribution in [1.82, 2.24) is 5.32 Å². The lowest BCUT2D eigenvalue weighted by molar-refractivity contribution is -0.124. The number of fused-ring (bicyclic) bond motifs is 1. The molecule has 0 aromatic heterocycles. The molecule has 0 unspecified atom stereocenters. The van der Waals surface area contributed by atoms with Crippen molar-refractivity contribution < 1.29 is 14.3 Å². The molecule has 0 bridgehead atoms.